The van der Waals surface area contributed by atoms with E-state index < -0.39 is 23.1 Å². The number of alkyl halides is 3. The number of halogens is 5. The fourth-order valence-corrected chi connectivity index (χ4v) is 4.61. The Morgan fingerprint density at radius 3 is 2.50 bits per heavy atom. The summed E-state index contributed by atoms with van der Waals surface area (Å²) in [5.41, 5.74) is 0.513. The Labute approximate surface area is 198 Å². The van der Waals surface area contributed by atoms with Gasteiger partial charge in [0.15, 0.2) is 5.69 Å². The highest BCUT2D eigenvalue weighted by Gasteiger charge is 2.33. The summed E-state index contributed by atoms with van der Waals surface area (Å²) < 4.78 is 55.7. The molecule has 3 heterocycles. The molecule has 0 aliphatic carbocycles. The second-order valence-electron chi connectivity index (χ2n) is 7.69. The number of benzene rings is 2. The smallest absolute Gasteiger partial charge is 0.287 e. The van der Waals surface area contributed by atoms with Crippen LogP contribution < -0.4 is 5.43 Å². The van der Waals surface area contributed by atoms with Crippen LogP contribution in [0.5, 0.6) is 0 Å². The molecular weight excluding hydrogens is 492 g/mol. The molecule has 3 aromatic heterocycles. The second kappa shape index (κ2) is 7.85. The van der Waals surface area contributed by atoms with Crippen molar-refractivity contribution in [2.45, 2.75) is 20.0 Å². The Kier molecular flexibility index (Phi) is 5.18. The zero-order valence-corrected chi connectivity index (χ0v) is 19.1. The van der Waals surface area contributed by atoms with Crippen LogP contribution in [0.3, 0.4) is 0 Å². The molecule has 0 aliphatic rings. The first-order chi connectivity index (χ1) is 16.0. The number of nitrogens with zero attached hydrogens (tertiary/aromatic N) is 4. The maximum atomic E-state index is 14.9. The first kappa shape index (κ1) is 22.4. The summed E-state index contributed by atoms with van der Waals surface area (Å²) in [6.07, 6.45) is -3.57. The normalized spacial score (nSPS) is 12.1. The predicted molar refractivity (Wildman–Crippen MR) is 123 cm³/mol. The number of hydrogen-bond donors (Lipinski definition) is 0. The van der Waals surface area contributed by atoms with Crippen molar-refractivity contribution in [3.05, 3.63) is 80.5 Å². The molecule has 5 rings (SSSR count). The number of aromatic nitrogens is 4. The zero-order valence-electron chi connectivity index (χ0n) is 17.5. The lowest BCUT2D eigenvalue weighted by molar-refractivity contribution is -0.141. The van der Waals surface area contributed by atoms with Gasteiger partial charge in [0.25, 0.3) is 0 Å². The number of pyridine rings is 1. The molecule has 0 aliphatic heterocycles. The molecule has 34 heavy (non-hydrogen) atoms. The summed E-state index contributed by atoms with van der Waals surface area (Å²) in [4.78, 5) is 21.1. The minimum absolute atomic E-state index is 0.0351. The van der Waals surface area contributed by atoms with Crippen LogP contribution in [0.2, 0.25) is 5.02 Å². The van der Waals surface area contributed by atoms with Crippen molar-refractivity contribution in [2.75, 3.05) is 0 Å². The molecule has 0 atom stereocenters. The van der Waals surface area contributed by atoms with E-state index in [1.165, 1.54) is 16.8 Å². The van der Waals surface area contributed by atoms with Gasteiger partial charge in [0.1, 0.15) is 22.2 Å². The Hall–Kier alpha value is -3.37. The van der Waals surface area contributed by atoms with Gasteiger partial charge in [-0.1, -0.05) is 11.6 Å². The summed E-state index contributed by atoms with van der Waals surface area (Å²) in [7, 11) is 0. The highest BCUT2D eigenvalue weighted by molar-refractivity contribution is 7.21. The van der Waals surface area contributed by atoms with Gasteiger partial charge in [-0.25, -0.2) is 14.1 Å². The van der Waals surface area contributed by atoms with E-state index in [1.807, 2.05) is 13.8 Å². The minimum Gasteiger partial charge on any atom is -0.287 e. The number of fused-ring (bicyclic) bond motifs is 2. The molecule has 172 valence electrons. The van der Waals surface area contributed by atoms with Crippen molar-refractivity contribution >= 4 is 44.1 Å². The lowest BCUT2D eigenvalue weighted by Crippen LogP contribution is -2.16. The van der Waals surface area contributed by atoms with Crippen molar-refractivity contribution in [1.82, 2.24) is 19.7 Å². The van der Waals surface area contributed by atoms with Crippen molar-refractivity contribution in [3.8, 4) is 16.4 Å². The van der Waals surface area contributed by atoms with Gasteiger partial charge in [-0.3, -0.25) is 9.78 Å². The summed E-state index contributed by atoms with van der Waals surface area (Å²) in [6.45, 7) is 3.69. The van der Waals surface area contributed by atoms with Crippen LogP contribution in [0.4, 0.5) is 17.6 Å². The second-order valence-corrected chi connectivity index (χ2v) is 9.16. The molecule has 11 heteroatoms. The van der Waals surface area contributed by atoms with Crippen molar-refractivity contribution < 1.29 is 17.6 Å². The average molecular weight is 505 g/mol. The summed E-state index contributed by atoms with van der Waals surface area (Å²) >= 11 is 6.88. The third-order valence-electron chi connectivity index (χ3n) is 5.41. The van der Waals surface area contributed by atoms with Crippen LogP contribution in [0.1, 0.15) is 16.8 Å². The molecule has 0 unspecified atom stereocenters. The molecule has 0 spiro atoms. The third-order valence-corrected chi connectivity index (χ3v) is 6.65. The maximum Gasteiger partial charge on any atom is 0.433 e. The molecule has 0 radical (unpaired) electrons. The van der Waals surface area contributed by atoms with E-state index in [9.17, 15) is 22.4 Å². The number of hydrogen-bond acceptors (Lipinski definition) is 5. The molecule has 5 aromatic rings. The first-order valence-corrected chi connectivity index (χ1v) is 11.1. The van der Waals surface area contributed by atoms with Crippen molar-refractivity contribution in [3.63, 3.8) is 0 Å². The van der Waals surface area contributed by atoms with Crippen LogP contribution in [-0.2, 0) is 6.18 Å². The molecule has 0 saturated carbocycles. The molecule has 0 amide bonds. The van der Waals surface area contributed by atoms with Gasteiger partial charge in [0.2, 0.25) is 5.43 Å². The Bertz CT molecular complexity index is 1680. The fraction of sp³-hybridized carbons (Fsp3) is 0.130. The molecule has 0 fully saturated rings. The number of aryl methyl sites for hydroxylation is 2. The van der Waals surface area contributed by atoms with E-state index in [1.54, 1.807) is 12.1 Å². The first-order valence-electron chi connectivity index (χ1n) is 9.87. The van der Waals surface area contributed by atoms with Crippen LogP contribution >= 0.6 is 22.9 Å². The topological polar surface area (TPSA) is 60.7 Å². The fourth-order valence-electron chi connectivity index (χ4n) is 3.55. The highest BCUT2D eigenvalue weighted by Crippen LogP contribution is 2.33. The van der Waals surface area contributed by atoms with Gasteiger partial charge < -0.3 is 0 Å². The van der Waals surface area contributed by atoms with Crippen LogP contribution in [0.25, 0.3) is 37.5 Å². The lowest BCUT2D eigenvalue weighted by atomic mass is 10.1. The van der Waals surface area contributed by atoms with Crippen molar-refractivity contribution in [1.29, 1.82) is 0 Å². The van der Waals surface area contributed by atoms with E-state index in [4.69, 9.17) is 11.6 Å². The quantitative estimate of drug-likeness (QED) is 0.258. The maximum absolute atomic E-state index is 14.9. The van der Waals surface area contributed by atoms with Crippen LogP contribution in [0, 0.1) is 19.7 Å². The van der Waals surface area contributed by atoms with Crippen LogP contribution in [0.15, 0.2) is 47.4 Å². The minimum atomic E-state index is -4.63. The Balaban J connectivity index is 1.82. The molecule has 5 nitrogen and oxygen atoms in total. The van der Waals surface area contributed by atoms with Gasteiger partial charge in [-0.05, 0) is 61.4 Å². The van der Waals surface area contributed by atoms with Crippen LogP contribution in [-0.4, -0.2) is 19.7 Å². The number of rotatable bonds is 2. The van der Waals surface area contributed by atoms with E-state index in [-0.39, 0.29) is 32.3 Å². The molecule has 0 N–H and O–H groups in total. The van der Waals surface area contributed by atoms with Gasteiger partial charge in [0, 0.05) is 11.2 Å². The van der Waals surface area contributed by atoms with E-state index >= 15 is 0 Å². The van der Waals surface area contributed by atoms with Gasteiger partial charge >= 0.3 is 6.18 Å². The van der Waals surface area contributed by atoms with E-state index in [2.05, 4.69) is 15.1 Å². The summed E-state index contributed by atoms with van der Waals surface area (Å²) in [5.74, 6) is -0.655. The van der Waals surface area contributed by atoms with E-state index in [0.717, 1.165) is 40.8 Å². The Morgan fingerprint density at radius 2 is 1.79 bits per heavy atom. The van der Waals surface area contributed by atoms with Gasteiger partial charge in [-0.2, -0.15) is 18.3 Å². The van der Waals surface area contributed by atoms with Crippen molar-refractivity contribution in [2.24, 2.45) is 0 Å². The Morgan fingerprint density at radius 1 is 1.06 bits per heavy atom. The van der Waals surface area contributed by atoms with E-state index in [0.29, 0.717) is 10.2 Å². The molecule has 2 aromatic carbocycles. The third kappa shape index (κ3) is 3.72. The van der Waals surface area contributed by atoms with Gasteiger partial charge in [-0.15, -0.1) is 11.3 Å². The standard InChI is InChI=1S/C23H13ClF4N4OS/c1-10-5-13-17(6-11(10)2)32(16-4-3-12(24)7-14(16)25)31-20(21(13)33)22-30-15-8-19(23(26,27)28)29-9-18(15)34-22/h3-9H,1-2H3. The van der Waals surface area contributed by atoms with Gasteiger partial charge in [0.05, 0.1) is 21.1 Å². The average Bonchev–Trinajstić information content (AvgIpc) is 3.18. The molecular formula is C23H13ClF4N4OS. The predicted octanol–water partition coefficient (Wildman–Crippen LogP) is 6.49. The SMILES string of the molecule is Cc1cc2c(=O)c(-c3nc4cc(C(F)(F)F)ncc4s3)nn(-c3ccc(Cl)cc3F)c2cc1C. The monoisotopic (exact) mass is 504 g/mol. The largest absolute Gasteiger partial charge is 0.433 e. The molecule has 0 saturated heterocycles. The summed E-state index contributed by atoms with van der Waals surface area (Å²) in [5, 5.41) is 4.96. The highest BCUT2D eigenvalue weighted by atomic mass is 35.5. The summed E-state index contributed by atoms with van der Waals surface area (Å²) in [6, 6.07) is 8.29. The zero-order chi connectivity index (χ0) is 24.4. The lowest BCUT2D eigenvalue weighted by Gasteiger charge is -2.14. The number of thiazole rings is 1. The molecule has 0 bridgehead atoms.